The quantitative estimate of drug-likeness (QED) is 0.460. The second-order valence-corrected chi connectivity index (χ2v) is 3.03. The van der Waals surface area contributed by atoms with Gasteiger partial charge in [0, 0.05) is 6.42 Å². The van der Waals surface area contributed by atoms with E-state index in [1.807, 2.05) is 6.26 Å². The van der Waals surface area contributed by atoms with Crippen molar-refractivity contribution in [1.82, 2.24) is 0 Å². The summed E-state index contributed by atoms with van der Waals surface area (Å²) >= 11 is 1.41. The fraction of sp³-hybridized carbons (Fsp3) is 0.714. The van der Waals surface area contributed by atoms with Gasteiger partial charge in [0.25, 0.3) is 0 Å². The summed E-state index contributed by atoms with van der Waals surface area (Å²) in [5.74, 6) is -0.251. The summed E-state index contributed by atoms with van der Waals surface area (Å²) in [5.41, 5.74) is 0. The molecule has 0 aliphatic heterocycles. The van der Waals surface area contributed by atoms with E-state index in [4.69, 9.17) is 0 Å². The number of aldehydes is 1. The molecule has 3 nitrogen and oxygen atoms in total. The normalized spacial score (nSPS) is 12.2. The zero-order valence-corrected chi connectivity index (χ0v) is 7.52. The van der Waals surface area contributed by atoms with Gasteiger partial charge >= 0.3 is 5.97 Å². The summed E-state index contributed by atoms with van der Waals surface area (Å²) in [7, 11) is 1.35. The molecule has 64 valence electrons. The highest BCUT2D eigenvalue weighted by Crippen LogP contribution is 2.13. The average Bonchev–Trinajstić information content (AvgIpc) is 2.05. The van der Waals surface area contributed by atoms with Crippen molar-refractivity contribution in [3.05, 3.63) is 0 Å². The number of carbonyl (C=O) groups is 2. The predicted octanol–water partition coefficient (Wildman–Crippen LogP) is 0.870. The van der Waals surface area contributed by atoms with Gasteiger partial charge in [-0.05, 0) is 12.7 Å². The van der Waals surface area contributed by atoms with Crippen LogP contribution in [-0.4, -0.2) is 30.9 Å². The molecule has 1 atom stereocenters. The molecule has 0 fully saturated rings. The maximum Gasteiger partial charge on any atom is 0.318 e. The van der Waals surface area contributed by atoms with Crippen LogP contribution in [0.4, 0.5) is 0 Å². The van der Waals surface area contributed by atoms with Crippen molar-refractivity contribution in [2.75, 3.05) is 13.4 Å². The Morgan fingerprint density at radius 1 is 1.73 bits per heavy atom. The standard InChI is InChI=1S/C7H12O3S/c1-10-7(9)6(11-2)4-3-5-8/h5-6H,3-4H2,1-2H3. The Balaban J connectivity index is 3.74. The number of carbonyl (C=O) groups excluding carboxylic acids is 2. The van der Waals surface area contributed by atoms with Gasteiger partial charge in [-0.25, -0.2) is 0 Å². The smallest absolute Gasteiger partial charge is 0.318 e. The van der Waals surface area contributed by atoms with E-state index < -0.39 is 0 Å². The van der Waals surface area contributed by atoms with Crippen LogP contribution in [-0.2, 0) is 14.3 Å². The number of esters is 1. The number of thioether (sulfide) groups is 1. The van der Waals surface area contributed by atoms with Gasteiger partial charge in [0.2, 0.25) is 0 Å². The summed E-state index contributed by atoms with van der Waals surface area (Å²) in [6, 6.07) is 0. The molecule has 0 aliphatic carbocycles. The van der Waals surface area contributed by atoms with Crippen molar-refractivity contribution in [3.8, 4) is 0 Å². The molecule has 1 unspecified atom stereocenters. The third-order valence-corrected chi connectivity index (χ3v) is 2.29. The third-order valence-electron chi connectivity index (χ3n) is 1.30. The van der Waals surface area contributed by atoms with E-state index in [9.17, 15) is 9.59 Å². The van der Waals surface area contributed by atoms with Crippen LogP contribution in [0.3, 0.4) is 0 Å². The van der Waals surface area contributed by atoms with E-state index in [0.717, 1.165) is 6.29 Å². The number of rotatable bonds is 5. The predicted molar refractivity (Wildman–Crippen MR) is 44.6 cm³/mol. The third kappa shape index (κ3) is 4.03. The molecule has 0 aromatic heterocycles. The van der Waals surface area contributed by atoms with Gasteiger partial charge in [0.15, 0.2) is 0 Å². The molecule has 0 N–H and O–H groups in total. The lowest BCUT2D eigenvalue weighted by Crippen LogP contribution is -2.18. The van der Waals surface area contributed by atoms with Crippen LogP contribution in [0.25, 0.3) is 0 Å². The fourth-order valence-corrected chi connectivity index (χ4v) is 1.34. The molecule has 0 rings (SSSR count). The Labute approximate surface area is 70.5 Å². The molecule has 0 radical (unpaired) electrons. The number of hydrogen-bond donors (Lipinski definition) is 0. The highest BCUT2D eigenvalue weighted by molar-refractivity contribution is 7.99. The van der Waals surface area contributed by atoms with Crippen molar-refractivity contribution >= 4 is 24.0 Å². The van der Waals surface area contributed by atoms with Crippen molar-refractivity contribution in [3.63, 3.8) is 0 Å². The number of methoxy groups -OCH3 is 1. The van der Waals surface area contributed by atoms with Gasteiger partial charge in [-0.2, -0.15) is 11.8 Å². The molecular weight excluding hydrogens is 164 g/mol. The monoisotopic (exact) mass is 176 g/mol. The fourth-order valence-electron chi connectivity index (χ4n) is 0.683. The zero-order chi connectivity index (χ0) is 8.69. The van der Waals surface area contributed by atoms with Gasteiger partial charge in [-0.3, -0.25) is 4.79 Å². The molecule has 11 heavy (non-hydrogen) atoms. The molecule has 0 aliphatic rings. The van der Waals surface area contributed by atoms with Crippen LogP contribution < -0.4 is 0 Å². The summed E-state index contributed by atoms with van der Waals surface area (Å²) in [5, 5.41) is -0.190. The Hall–Kier alpha value is -0.510. The van der Waals surface area contributed by atoms with Crippen LogP contribution in [0.1, 0.15) is 12.8 Å². The van der Waals surface area contributed by atoms with E-state index in [0.29, 0.717) is 12.8 Å². The topological polar surface area (TPSA) is 43.4 Å². The second kappa shape index (κ2) is 6.22. The van der Waals surface area contributed by atoms with Crippen LogP contribution in [0.2, 0.25) is 0 Å². The van der Waals surface area contributed by atoms with Crippen LogP contribution in [0.5, 0.6) is 0 Å². The average molecular weight is 176 g/mol. The van der Waals surface area contributed by atoms with Crippen molar-refractivity contribution < 1.29 is 14.3 Å². The molecule has 0 saturated carbocycles. The molecule has 0 aromatic carbocycles. The van der Waals surface area contributed by atoms with Gasteiger partial charge in [0.1, 0.15) is 11.5 Å². The molecule has 0 heterocycles. The summed E-state index contributed by atoms with van der Waals surface area (Å²) < 4.78 is 4.52. The summed E-state index contributed by atoms with van der Waals surface area (Å²) in [6.07, 6.45) is 3.62. The Morgan fingerprint density at radius 2 is 2.36 bits per heavy atom. The van der Waals surface area contributed by atoms with Crippen molar-refractivity contribution in [2.24, 2.45) is 0 Å². The molecule has 0 spiro atoms. The van der Waals surface area contributed by atoms with E-state index in [1.165, 1.54) is 18.9 Å². The number of ether oxygens (including phenoxy) is 1. The Bertz CT molecular complexity index is 136. The van der Waals surface area contributed by atoms with Crippen molar-refractivity contribution in [2.45, 2.75) is 18.1 Å². The lowest BCUT2D eigenvalue weighted by molar-refractivity contribution is -0.140. The van der Waals surface area contributed by atoms with E-state index in [-0.39, 0.29) is 11.2 Å². The minimum absolute atomic E-state index is 0.190. The highest BCUT2D eigenvalue weighted by Gasteiger charge is 2.16. The largest absolute Gasteiger partial charge is 0.468 e. The van der Waals surface area contributed by atoms with Crippen molar-refractivity contribution in [1.29, 1.82) is 0 Å². The first-order valence-electron chi connectivity index (χ1n) is 3.30. The SMILES string of the molecule is COC(=O)C(CCC=O)SC. The van der Waals surface area contributed by atoms with Gasteiger partial charge in [-0.1, -0.05) is 0 Å². The lowest BCUT2D eigenvalue weighted by Gasteiger charge is -2.08. The van der Waals surface area contributed by atoms with Crippen LogP contribution in [0, 0.1) is 0 Å². The van der Waals surface area contributed by atoms with Gasteiger partial charge < -0.3 is 9.53 Å². The van der Waals surface area contributed by atoms with Gasteiger partial charge in [0.05, 0.1) is 7.11 Å². The highest BCUT2D eigenvalue weighted by atomic mass is 32.2. The van der Waals surface area contributed by atoms with Crippen LogP contribution >= 0.6 is 11.8 Å². The molecule has 0 aromatic rings. The van der Waals surface area contributed by atoms with E-state index >= 15 is 0 Å². The van der Waals surface area contributed by atoms with E-state index in [1.54, 1.807) is 0 Å². The summed E-state index contributed by atoms with van der Waals surface area (Å²) in [6.45, 7) is 0. The molecule has 0 bridgehead atoms. The number of hydrogen-bond acceptors (Lipinski definition) is 4. The first kappa shape index (κ1) is 10.5. The van der Waals surface area contributed by atoms with E-state index in [2.05, 4.69) is 4.74 Å². The molecular formula is C7H12O3S. The molecule has 4 heteroatoms. The maximum absolute atomic E-state index is 10.9. The first-order chi connectivity index (χ1) is 5.26. The lowest BCUT2D eigenvalue weighted by atomic mass is 10.2. The molecule has 0 saturated heterocycles. The Morgan fingerprint density at radius 3 is 2.73 bits per heavy atom. The second-order valence-electron chi connectivity index (χ2n) is 1.99. The zero-order valence-electron chi connectivity index (χ0n) is 6.70. The van der Waals surface area contributed by atoms with Gasteiger partial charge in [-0.15, -0.1) is 0 Å². The maximum atomic E-state index is 10.9. The summed E-state index contributed by atoms with van der Waals surface area (Å²) in [4.78, 5) is 20.9. The molecule has 0 amide bonds. The minimum atomic E-state index is -0.251. The minimum Gasteiger partial charge on any atom is -0.468 e. The Kier molecular flexibility index (Phi) is 5.93. The van der Waals surface area contributed by atoms with Crippen LogP contribution in [0.15, 0.2) is 0 Å². The first-order valence-corrected chi connectivity index (χ1v) is 4.59.